The molecule has 16 heavy (non-hydrogen) atoms. The fourth-order valence-electron chi connectivity index (χ4n) is 1.64. The van der Waals surface area contributed by atoms with Gasteiger partial charge in [0.05, 0.1) is 6.61 Å². The zero-order valence-electron chi connectivity index (χ0n) is 10.6. The summed E-state index contributed by atoms with van der Waals surface area (Å²) in [5, 5.41) is 0. The van der Waals surface area contributed by atoms with Crippen molar-refractivity contribution in [2.75, 3.05) is 13.2 Å². The maximum absolute atomic E-state index is 5.72. The molecule has 2 heteroatoms. The lowest BCUT2D eigenvalue weighted by Gasteiger charge is -2.14. The van der Waals surface area contributed by atoms with Gasteiger partial charge >= 0.3 is 0 Å². The van der Waals surface area contributed by atoms with Gasteiger partial charge in [-0.3, -0.25) is 0 Å². The first kappa shape index (κ1) is 13.0. The molecule has 0 aromatic heterocycles. The summed E-state index contributed by atoms with van der Waals surface area (Å²) in [4.78, 5) is 0. The van der Waals surface area contributed by atoms with Gasteiger partial charge < -0.3 is 10.5 Å². The molecule has 0 bridgehead atoms. The third kappa shape index (κ3) is 3.86. The number of rotatable bonds is 6. The Hall–Kier alpha value is -1.02. The highest BCUT2D eigenvalue weighted by molar-refractivity contribution is 5.29. The Balaban J connectivity index is 2.60. The number of hydrogen-bond acceptors (Lipinski definition) is 2. The summed E-state index contributed by atoms with van der Waals surface area (Å²) in [6.07, 6.45) is 1.09. The van der Waals surface area contributed by atoms with Crippen molar-refractivity contribution in [3.05, 3.63) is 29.8 Å². The molecule has 1 atom stereocenters. The van der Waals surface area contributed by atoms with E-state index in [0.717, 1.165) is 18.8 Å². The van der Waals surface area contributed by atoms with Crippen molar-refractivity contribution in [2.24, 2.45) is 11.7 Å². The monoisotopic (exact) mass is 221 g/mol. The van der Waals surface area contributed by atoms with E-state index in [1.807, 2.05) is 12.1 Å². The smallest absolute Gasteiger partial charge is 0.119 e. The number of hydrogen-bond donors (Lipinski definition) is 1. The SMILES string of the molecule is CCC(CN)c1ccc(OCC(C)C)cc1. The average Bonchev–Trinajstić information content (AvgIpc) is 2.29. The molecule has 0 saturated carbocycles. The van der Waals surface area contributed by atoms with Crippen LogP contribution in [-0.4, -0.2) is 13.2 Å². The average molecular weight is 221 g/mol. The Morgan fingerprint density at radius 3 is 2.25 bits per heavy atom. The molecule has 2 nitrogen and oxygen atoms in total. The van der Waals surface area contributed by atoms with E-state index in [0.29, 0.717) is 18.4 Å². The molecule has 0 aliphatic carbocycles. The van der Waals surface area contributed by atoms with Crippen LogP contribution in [0.2, 0.25) is 0 Å². The molecule has 2 N–H and O–H groups in total. The first-order valence-electron chi connectivity index (χ1n) is 6.10. The van der Waals surface area contributed by atoms with E-state index in [2.05, 4.69) is 32.9 Å². The standard InChI is InChI=1S/C14H23NO/c1-4-12(9-15)13-5-7-14(8-6-13)16-10-11(2)3/h5-8,11-12H,4,9-10,15H2,1-3H3. The molecule has 0 amide bonds. The number of benzene rings is 1. The summed E-state index contributed by atoms with van der Waals surface area (Å²) < 4.78 is 5.64. The van der Waals surface area contributed by atoms with E-state index in [4.69, 9.17) is 10.5 Å². The molecule has 0 heterocycles. The minimum Gasteiger partial charge on any atom is -0.493 e. The fourth-order valence-corrected chi connectivity index (χ4v) is 1.64. The van der Waals surface area contributed by atoms with Crippen LogP contribution in [0.25, 0.3) is 0 Å². The van der Waals surface area contributed by atoms with Crippen molar-refractivity contribution < 1.29 is 4.74 Å². The van der Waals surface area contributed by atoms with Gasteiger partial charge in [-0.15, -0.1) is 0 Å². The molecular weight excluding hydrogens is 198 g/mol. The zero-order valence-corrected chi connectivity index (χ0v) is 10.6. The zero-order chi connectivity index (χ0) is 12.0. The van der Waals surface area contributed by atoms with Crippen LogP contribution in [-0.2, 0) is 0 Å². The Morgan fingerprint density at radius 2 is 1.81 bits per heavy atom. The molecule has 90 valence electrons. The molecule has 0 fully saturated rings. The molecular formula is C14H23NO. The normalized spacial score (nSPS) is 12.8. The van der Waals surface area contributed by atoms with Crippen LogP contribution in [0, 0.1) is 5.92 Å². The highest BCUT2D eigenvalue weighted by Crippen LogP contribution is 2.21. The molecule has 1 rings (SSSR count). The van der Waals surface area contributed by atoms with Gasteiger partial charge in [0.2, 0.25) is 0 Å². The van der Waals surface area contributed by atoms with Gasteiger partial charge in [-0.25, -0.2) is 0 Å². The quantitative estimate of drug-likeness (QED) is 0.800. The van der Waals surface area contributed by atoms with Crippen molar-refractivity contribution in [1.82, 2.24) is 0 Å². The molecule has 0 aliphatic heterocycles. The Kier molecular flexibility index (Phi) is 5.33. The minimum absolute atomic E-state index is 0.471. The van der Waals surface area contributed by atoms with E-state index < -0.39 is 0 Å². The molecule has 1 aromatic rings. The Morgan fingerprint density at radius 1 is 1.19 bits per heavy atom. The fraction of sp³-hybridized carbons (Fsp3) is 0.571. The van der Waals surface area contributed by atoms with Crippen molar-refractivity contribution in [2.45, 2.75) is 33.1 Å². The highest BCUT2D eigenvalue weighted by Gasteiger charge is 2.06. The minimum atomic E-state index is 0.471. The third-order valence-electron chi connectivity index (χ3n) is 2.71. The predicted molar refractivity (Wildman–Crippen MR) is 68.9 cm³/mol. The van der Waals surface area contributed by atoms with Gasteiger partial charge in [0.25, 0.3) is 0 Å². The lowest BCUT2D eigenvalue weighted by Crippen LogP contribution is -2.11. The third-order valence-corrected chi connectivity index (χ3v) is 2.71. The van der Waals surface area contributed by atoms with Gasteiger partial charge in [0.15, 0.2) is 0 Å². The second-order valence-corrected chi connectivity index (χ2v) is 4.61. The topological polar surface area (TPSA) is 35.2 Å². The molecule has 0 aliphatic rings. The molecule has 1 unspecified atom stereocenters. The summed E-state index contributed by atoms with van der Waals surface area (Å²) in [5.74, 6) is 1.98. The van der Waals surface area contributed by atoms with Crippen molar-refractivity contribution >= 4 is 0 Å². The second-order valence-electron chi connectivity index (χ2n) is 4.61. The van der Waals surface area contributed by atoms with Crippen LogP contribution in [0.5, 0.6) is 5.75 Å². The lowest BCUT2D eigenvalue weighted by molar-refractivity contribution is 0.271. The maximum atomic E-state index is 5.72. The van der Waals surface area contributed by atoms with Crippen molar-refractivity contribution in [1.29, 1.82) is 0 Å². The van der Waals surface area contributed by atoms with E-state index >= 15 is 0 Å². The summed E-state index contributed by atoms with van der Waals surface area (Å²) in [6, 6.07) is 8.32. The summed E-state index contributed by atoms with van der Waals surface area (Å²) in [5.41, 5.74) is 7.03. The van der Waals surface area contributed by atoms with Gasteiger partial charge in [0.1, 0.15) is 5.75 Å². The largest absolute Gasteiger partial charge is 0.493 e. The van der Waals surface area contributed by atoms with E-state index in [-0.39, 0.29) is 0 Å². The number of ether oxygens (including phenoxy) is 1. The van der Waals surface area contributed by atoms with Gasteiger partial charge in [-0.2, -0.15) is 0 Å². The maximum Gasteiger partial charge on any atom is 0.119 e. The molecule has 1 aromatic carbocycles. The number of nitrogens with two attached hydrogens (primary N) is 1. The molecule has 0 saturated heterocycles. The van der Waals surface area contributed by atoms with Crippen LogP contribution in [0.15, 0.2) is 24.3 Å². The van der Waals surface area contributed by atoms with Gasteiger partial charge in [-0.05, 0) is 42.5 Å². The summed E-state index contributed by atoms with van der Waals surface area (Å²) in [6.45, 7) is 7.95. The van der Waals surface area contributed by atoms with E-state index in [1.54, 1.807) is 0 Å². The summed E-state index contributed by atoms with van der Waals surface area (Å²) in [7, 11) is 0. The van der Waals surface area contributed by atoms with Gasteiger partial charge in [-0.1, -0.05) is 32.9 Å². The van der Waals surface area contributed by atoms with Crippen LogP contribution in [0.4, 0.5) is 0 Å². The van der Waals surface area contributed by atoms with Crippen LogP contribution in [0.3, 0.4) is 0 Å². The van der Waals surface area contributed by atoms with Crippen molar-refractivity contribution in [3.63, 3.8) is 0 Å². The lowest BCUT2D eigenvalue weighted by atomic mass is 9.97. The van der Waals surface area contributed by atoms with Crippen LogP contribution >= 0.6 is 0 Å². The Labute approximate surface area is 98.8 Å². The highest BCUT2D eigenvalue weighted by atomic mass is 16.5. The van der Waals surface area contributed by atoms with E-state index in [1.165, 1.54) is 5.56 Å². The molecule has 0 radical (unpaired) electrons. The first-order valence-corrected chi connectivity index (χ1v) is 6.10. The van der Waals surface area contributed by atoms with Crippen molar-refractivity contribution in [3.8, 4) is 5.75 Å². The van der Waals surface area contributed by atoms with E-state index in [9.17, 15) is 0 Å². The second kappa shape index (κ2) is 6.54. The first-order chi connectivity index (χ1) is 7.67. The van der Waals surface area contributed by atoms with Gasteiger partial charge in [0, 0.05) is 0 Å². The summed E-state index contributed by atoms with van der Waals surface area (Å²) >= 11 is 0. The molecule has 0 spiro atoms. The van der Waals surface area contributed by atoms with Crippen LogP contribution in [0.1, 0.15) is 38.7 Å². The Bertz CT molecular complexity index is 288. The van der Waals surface area contributed by atoms with Crippen LogP contribution < -0.4 is 10.5 Å². The predicted octanol–water partition coefficient (Wildman–Crippen LogP) is 3.17.